The first-order valence-corrected chi connectivity index (χ1v) is 10.4. The number of fused-ring (bicyclic) bond motifs is 1. The maximum atomic E-state index is 5.02. The highest BCUT2D eigenvalue weighted by Crippen LogP contribution is 2.41. The van der Waals surface area contributed by atoms with Gasteiger partial charge in [-0.25, -0.2) is 15.0 Å². The van der Waals surface area contributed by atoms with Crippen molar-refractivity contribution in [1.82, 2.24) is 24.8 Å². The van der Waals surface area contributed by atoms with Crippen LogP contribution in [-0.4, -0.2) is 65.1 Å². The zero-order valence-electron chi connectivity index (χ0n) is 17.1. The Bertz CT molecular complexity index is 1010. The number of anilines is 2. The monoisotopic (exact) mass is 389 g/mol. The van der Waals surface area contributed by atoms with Crippen molar-refractivity contribution in [2.45, 2.75) is 19.3 Å². The third-order valence-electron chi connectivity index (χ3n) is 6.51. The SMILES string of the molecule is CNc1cc2c(N3CCC4(CCN(C)C4)CC3)nc(-c3ccncc3)nc2cn1. The fourth-order valence-electron chi connectivity index (χ4n) is 4.78. The third-order valence-corrected chi connectivity index (χ3v) is 6.51. The van der Waals surface area contributed by atoms with Crippen molar-refractivity contribution >= 4 is 22.5 Å². The lowest BCUT2D eigenvalue weighted by Gasteiger charge is -2.40. The molecule has 2 aliphatic rings. The van der Waals surface area contributed by atoms with Crippen molar-refractivity contribution in [1.29, 1.82) is 0 Å². The molecule has 3 aromatic heterocycles. The topological polar surface area (TPSA) is 70.1 Å². The highest BCUT2D eigenvalue weighted by molar-refractivity contribution is 5.92. The number of hydrogen-bond donors (Lipinski definition) is 1. The van der Waals surface area contributed by atoms with E-state index < -0.39 is 0 Å². The van der Waals surface area contributed by atoms with E-state index in [1.807, 2.05) is 25.4 Å². The predicted molar refractivity (Wildman–Crippen MR) is 116 cm³/mol. The Labute approximate surface area is 171 Å². The third kappa shape index (κ3) is 3.40. The Hall–Kier alpha value is -2.80. The smallest absolute Gasteiger partial charge is 0.162 e. The summed E-state index contributed by atoms with van der Waals surface area (Å²) in [6.07, 6.45) is 9.17. The fourth-order valence-corrected chi connectivity index (χ4v) is 4.78. The molecule has 0 bridgehead atoms. The van der Waals surface area contributed by atoms with Crippen LogP contribution in [0, 0.1) is 5.41 Å². The van der Waals surface area contributed by atoms with Crippen molar-refractivity contribution in [3.8, 4) is 11.4 Å². The van der Waals surface area contributed by atoms with E-state index in [0.717, 1.165) is 47.0 Å². The van der Waals surface area contributed by atoms with Gasteiger partial charge in [-0.1, -0.05) is 0 Å². The highest BCUT2D eigenvalue weighted by atomic mass is 15.2. The van der Waals surface area contributed by atoms with E-state index in [9.17, 15) is 0 Å². The summed E-state index contributed by atoms with van der Waals surface area (Å²) in [4.78, 5) is 23.3. The lowest BCUT2D eigenvalue weighted by atomic mass is 9.78. The van der Waals surface area contributed by atoms with Crippen molar-refractivity contribution in [2.24, 2.45) is 5.41 Å². The van der Waals surface area contributed by atoms with Gasteiger partial charge in [0.1, 0.15) is 11.6 Å². The maximum Gasteiger partial charge on any atom is 0.162 e. The quantitative estimate of drug-likeness (QED) is 0.738. The van der Waals surface area contributed by atoms with Crippen LogP contribution in [0.4, 0.5) is 11.6 Å². The summed E-state index contributed by atoms with van der Waals surface area (Å²) in [6, 6.07) is 5.98. The molecule has 7 heteroatoms. The van der Waals surface area contributed by atoms with Gasteiger partial charge in [0.15, 0.2) is 5.82 Å². The van der Waals surface area contributed by atoms with Gasteiger partial charge in [0.25, 0.3) is 0 Å². The first-order valence-electron chi connectivity index (χ1n) is 10.4. The molecule has 0 aliphatic carbocycles. The lowest BCUT2D eigenvalue weighted by molar-refractivity contribution is 0.222. The molecule has 2 fully saturated rings. The van der Waals surface area contributed by atoms with Crippen LogP contribution in [-0.2, 0) is 0 Å². The maximum absolute atomic E-state index is 5.02. The van der Waals surface area contributed by atoms with E-state index in [0.29, 0.717) is 5.41 Å². The van der Waals surface area contributed by atoms with E-state index in [4.69, 9.17) is 9.97 Å². The van der Waals surface area contributed by atoms with Gasteiger partial charge in [-0.3, -0.25) is 4.98 Å². The largest absolute Gasteiger partial charge is 0.373 e. The first-order chi connectivity index (χ1) is 14.2. The van der Waals surface area contributed by atoms with Crippen molar-refractivity contribution < 1.29 is 0 Å². The molecule has 0 unspecified atom stereocenters. The number of likely N-dealkylation sites (tertiary alicyclic amines) is 1. The van der Waals surface area contributed by atoms with Crippen LogP contribution in [0.1, 0.15) is 19.3 Å². The van der Waals surface area contributed by atoms with Crippen LogP contribution in [0.15, 0.2) is 36.8 Å². The number of rotatable bonds is 3. The summed E-state index contributed by atoms with van der Waals surface area (Å²) in [5.74, 6) is 2.58. The minimum absolute atomic E-state index is 0.486. The Morgan fingerprint density at radius 2 is 1.79 bits per heavy atom. The van der Waals surface area contributed by atoms with Crippen LogP contribution in [0.2, 0.25) is 0 Å². The van der Waals surface area contributed by atoms with E-state index in [1.165, 1.54) is 32.4 Å². The summed E-state index contributed by atoms with van der Waals surface area (Å²) in [5, 5.41) is 4.20. The molecule has 7 nitrogen and oxygen atoms in total. The Morgan fingerprint density at radius 3 is 2.48 bits per heavy atom. The first kappa shape index (κ1) is 18.2. The van der Waals surface area contributed by atoms with Crippen molar-refractivity contribution in [3.05, 3.63) is 36.8 Å². The molecule has 3 aromatic rings. The summed E-state index contributed by atoms with van der Waals surface area (Å²) in [6.45, 7) is 4.52. The molecule has 0 atom stereocenters. The van der Waals surface area contributed by atoms with Gasteiger partial charge in [0.05, 0.1) is 11.7 Å². The second kappa shape index (κ2) is 7.22. The van der Waals surface area contributed by atoms with Crippen LogP contribution < -0.4 is 10.2 Å². The molecule has 0 amide bonds. The highest BCUT2D eigenvalue weighted by Gasteiger charge is 2.39. The molecular formula is C22H27N7. The van der Waals surface area contributed by atoms with E-state index in [1.54, 1.807) is 12.4 Å². The van der Waals surface area contributed by atoms with Gasteiger partial charge in [0.2, 0.25) is 0 Å². The van der Waals surface area contributed by atoms with Gasteiger partial charge in [0, 0.05) is 50.0 Å². The minimum Gasteiger partial charge on any atom is -0.373 e. The number of pyridine rings is 2. The van der Waals surface area contributed by atoms with E-state index in [2.05, 4.69) is 38.2 Å². The average molecular weight is 390 g/mol. The summed E-state index contributed by atoms with van der Waals surface area (Å²) in [5.41, 5.74) is 2.34. The van der Waals surface area contributed by atoms with Gasteiger partial charge in [-0.05, 0) is 56.5 Å². The van der Waals surface area contributed by atoms with Crippen molar-refractivity contribution in [3.63, 3.8) is 0 Å². The summed E-state index contributed by atoms with van der Waals surface area (Å²) >= 11 is 0. The van der Waals surface area contributed by atoms with Crippen LogP contribution >= 0.6 is 0 Å². The molecule has 0 saturated carbocycles. The molecule has 0 aromatic carbocycles. The molecule has 29 heavy (non-hydrogen) atoms. The number of nitrogens with one attached hydrogen (secondary N) is 1. The predicted octanol–water partition coefficient (Wildman–Crippen LogP) is 3.05. The fraction of sp³-hybridized carbons (Fsp3) is 0.455. The summed E-state index contributed by atoms with van der Waals surface area (Å²) in [7, 11) is 4.13. The van der Waals surface area contributed by atoms with Gasteiger partial charge >= 0.3 is 0 Å². The van der Waals surface area contributed by atoms with Crippen LogP contribution in [0.3, 0.4) is 0 Å². The molecule has 0 radical (unpaired) electrons. The lowest BCUT2D eigenvalue weighted by Crippen LogP contribution is -2.41. The normalized spacial score (nSPS) is 19.2. The Balaban J connectivity index is 1.54. The molecule has 150 valence electrons. The number of piperidine rings is 1. The number of nitrogens with zero attached hydrogens (tertiary/aromatic N) is 6. The van der Waals surface area contributed by atoms with Gasteiger partial charge in [-0.15, -0.1) is 0 Å². The molecule has 1 spiro atoms. The van der Waals surface area contributed by atoms with Crippen molar-refractivity contribution in [2.75, 3.05) is 50.5 Å². The average Bonchev–Trinajstić information content (AvgIpc) is 3.13. The zero-order valence-corrected chi connectivity index (χ0v) is 17.1. The second-order valence-corrected chi connectivity index (χ2v) is 8.42. The molecule has 2 aliphatic heterocycles. The van der Waals surface area contributed by atoms with E-state index in [-0.39, 0.29) is 0 Å². The number of hydrogen-bond acceptors (Lipinski definition) is 7. The molecular weight excluding hydrogens is 362 g/mol. The van der Waals surface area contributed by atoms with Gasteiger partial charge in [-0.2, -0.15) is 0 Å². The van der Waals surface area contributed by atoms with Crippen LogP contribution in [0.5, 0.6) is 0 Å². The van der Waals surface area contributed by atoms with E-state index >= 15 is 0 Å². The molecule has 5 heterocycles. The molecule has 2 saturated heterocycles. The molecule has 5 rings (SSSR count). The zero-order chi connectivity index (χ0) is 19.8. The summed E-state index contributed by atoms with van der Waals surface area (Å²) < 4.78 is 0. The number of aromatic nitrogens is 4. The molecule has 1 N–H and O–H groups in total. The van der Waals surface area contributed by atoms with Gasteiger partial charge < -0.3 is 15.1 Å². The van der Waals surface area contributed by atoms with Crippen LogP contribution in [0.25, 0.3) is 22.3 Å². The Morgan fingerprint density at radius 1 is 1.03 bits per heavy atom. The standard InChI is InChI=1S/C22H27N7/c1-23-19-13-17-18(14-25-19)26-20(16-3-8-24-9-4-16)27-21(17)29-11-6-22(7-12-29)5-10-28(2)15-22/h3-4,8-9,13-14H,5-7,10-12,15H2,1-2H3,(H,23,25). The Kier molecular flexibility index (Phi) is 4.54. The second-order valence-electron chi connectivity index (χ2n) is 8.42. The minimum atomic E-state index is 0.486.